The summed E-state index contributed by atoms with van der Waals surface area (Å²) in [6, 6.07) is 2.31. The van der Waals surface area contributed by atoms with Crippen LogP contribution in [0.2, 0.25) is 0 Å². The second-order valence-electron chi connectivity index (χ2n) is 4.22. The number of nitrogens with two attached hydrogens (primary N) is 2. The van der Waals surface area contributed by atoms with Crippen LogP contribution in [-0.4, -0.2) is 17.6 Å². The summed E-state index contributed by atoms with van der Waals surface area (Å²) < 4.78 is 0. The van der Waals surface area contributed by atoms with Gasteiger partial charge in [0.1, 0.15) is 0 Å². The summed E-state index contributed by atoms with van der Waals surface area (Å²) in [7, 11) is 0. The molecule has 1 aromatic rings. The quantitative estimate of drug-likeness (QED) is 0.732. The average molecular weight is 206 g/mol. The largest absolute Gasteiger partial charge is 0.397 e. The van der Waals surface area contributed by atoms with Crippen molar-refractivity contribution in [3.63, 3.8) is 0 Å². The van der Waals surface area contributed by atoms with E-state index in [4.69, 9.17) is 11.5 Å². The third kappa shape index (κ3) is 1.98. The standard InChI is InChI=1S/C11H18N4/c1-8-4-2-3-5-15(8)11-10(13)6-9(12)7-14-11/h6-8H,2-5,12-13H2,1H3. The first-order valence-electron chi connectivity index (χ1n) is 5.46. The zero-order chi connectivity index (χ0) is 10.8. The monoisotopic (exact) mass is 206 g/mol. The number of piperidine rings is 1. The number of hydrogen-bond donors (Lipinski definition) is 2. The van der Waals surface area contributed by atoms with Gasteiger partial charge in [0.2, 0.25) is 0 Å². The number of rotatable bonds is 1. The summed E-state index contributed by atoms with van der Waals surface area (Å²) in [4.78, 5) is 6.60. The van der Waals surface area contributed by atoms with Crippen molar-refractivity contribution in [1.29, 1.82) is 0 Å². The van der Waals surface area contributed by atoms with Crippen LogP contribution in [0.3, 0.4) is 0 Å². The van der Waals surface area contributed by atoms with Crippen LogP contribution in [0, 0.1) is 0 Å². The molecule has 15 heavy (non-hydrogen) atoms. The smallest absolute Gasteiger partial charge is 0.152 e. The van der Waals surface area contributed by atoms with E-state index in [1.165, 1.54) is 19.3 Å². The summed E-state index contributed by atoms with van der Waals surface area (Å²) in [5.74, 6) is 0.886. The third-order valence-electron chi connectivity index (χ3n) is 2.99. The van der Waals surface area contributed by atoms with Crippen LogP contribution >= 0.6 is 0 Å². The molecule has 1 aliphatic rings. The minimum Gasteiger partial charge on any atom is -0.397 e. The molecule has 1 fully saturated rings. The molecule has 0 radical (unpaired) electrons. The van der Waals surface area contributed by atoms with Gasteiger partial charge in [-0.2, -0.15) is 0 Å². The van der Waals surface area contributed by atoms with Crippen LogP contribution in [0.1, 0.15) is 26.2 Å². The Balaban J connectivity index is 2.27. The Bertz CT molecular complexity index is 350. The van der Waals surface area contributed by atoms with E-state index in [0.717, 1.165) is 12.4 Å². The maximum Gasteiger partial charge on any atom is 0.152 e. The summed E-state index contributed by atoms with van der Waals surface area (Å²) in [6.07, 6.45) is 5.40. The molecule has 0 aliphatic carbocycles. The van der Waals surface area contributed by atoms with Crippen LogP contribution in [0.5, 0.6) is 0 Å². The van der Waals surface area contributed by atoms with Crippen LogP contribution < -0.4 is 16.4 Å². The second-order valence-corrected chi connectivity index (χ2v) is 4.22. The van der Waals surface area contributed by atoms with Gasteiger partial charge >= 0.3 is 0 Å². The Labute approximate surface area is 90.3 Å². The van der Waals surface area contributed by atoms with E-state index in [-0.39, 0.29) is 0 Å². The molecule has 1 aliphatic heterocycles. The molecule has 0 bridgehead atoms. The van der Waals surface area contributed by atoms with Crippen molar-refractivity contribution < 1.29 is 0 Å². The Morgan fingerprint density at radius 1 is 1.40 bits per heavy atom. The molecule has 2 rings (SSSR count). The lowest BCUT2D eigenvalue weighted by Gasteiger charge is -2.35. The number of pyridine rings is 1. The van der Waals surface area contributed by atoms with Crippen molar-refractivity contribution in [2.45, 2.75) is 32.2 Å². The highest BCUT2D eigenvalue weighted by molar-refractivity contribution is 5.67. The van der Waals surface area contributed by atoms with Gasteiger partial charge in [-0.1, -0.05) is 0 Å². The molecule has 1 atom stereocenters. The lowest BCUT2D eigenvalue weighted by molar-refractivity contribution is 0.482. The van der Waals surface area contributed by atoms with Gasteiger partial charge < -0.3 is 16.4 Å². The fourth-order valence-electron chi connectivity index (χ4n) is 2.14. The first kappa shape index (κ1) is 10.1. The van der Waals surface area contributed by atoms with E-state index in [2.05, 4.69) is 16.8 Å². The third-order valence-corrected chi connectivity index (χ3v) is 2.99. The number of nitrogen functional groups attached to an aromatic ring is 2. The number of aromatic nitrogens is 1. The molecule has 4 N–H and O–H groups in total. The summed E-state index contributed by atoms with van der Waals surface area (Å²) in [6.45, 7) is 3.26. The molecule has 2 heterocycles. The van der Waals surface area contributed by atoms with Gasteiger partial charge in [-0.25, -0.2) is 4.98 Å². The fourth-order valence-corrected chi connectivity index (χ4v) is 2.14. The van der Waals surface area contributed by atoms with Crippen LogP contribution in [-0.2, 0) is 0 Å². The van der Waals surface area contributed by atoms with E-state index in [9.17, 15) is 0 Å². The SMILES string of the molecule is CC1CCCCN1c1ncc(N)cc1N. The number of anilines is 3. The van der Waals surface area contributed by atoms with Crippen LogP contribution in [0.4, 0.5) is 17.2 Å². The van der Waals surface area contributed by atoms with Crippen LogP contribution in [0.15, 0.2) is 12.3 Å². The first-order chi connectivity index (χ1) is 7.18. The Morgan fingerprint density at radius 3 is 2.87 bits per heavy atom. The highest BCUT2D eigenvalue weighted by Crippen LogP contribution is 2.28. The van der Waals surface area contributed by atoms with Crippen molar-refractivity contribution >= 4 is 17.2 Å². The minimum absolute atomic E-state index is 0.525. The Morgan fingerprint density at radius 2 is 2.20 bits per heavy atom. The van der Waals surface area contributed by atoms with Gasteiger partial charge in [-0.15, -0.1) is 0 Å². The van der Waals surface area contributed by atoms with Gasteiger partial charge in [0.05, 0.1) is 17.6 Å². The molecule has 1 aromatic heterocycles. The Kier molecular flexibility index (Phi) is 2.66. The van der Waals surface area contributed by atoms with Gasteiger partial charge in [-0.3, -0.25) is 0 Å². The molecule has 1 unspecified atom stereocenters. The normalized spacial score (nSPS) is 21.7. The van der Waals surface area contributed by atoms with Crippen LogP contribution in [0.25, 0.3) is 0 Å². The summed E-state index contributed by atoms with van der Waals surface area (Å²) in [5.41, 5.74) is 12.9. The maximum absolute atomic E-state index is 5.93. The predicted octanol–water partition coefficient (Wildman–Crippen LogP) is 1.62. The maximum atomic E-state index is 5.93. The molecule has 82 valence electrons. The highest BCUT2D eigenvalue weighted by Gasteiger charge is 2.21. The number of nitrogens with zero attached hydrogens (tertiary/aromatic N) is 2. The molecular formula is C11H18N4. The molecule has 1 saturated heterocycles. The molecule has 0 spiro atoms. The van der Waals surface area contributed by atoms with E-state index >= 15 is 0 Å². The van der Waals surface area contributed by atoms with Crippen molar-refractivity contribution in [2.75, 3.05) is 22.9 Å². The van der Waals surface area contributed by atoms with E-state index in [1.54, 1.807) is 12.3 Å². The average Bonchev–Trinajstić information content (AvgIpc) is 2.20. The minimum atomic E-state index is 0.525. The van der Waals surface area contributed by atoms with E-state index < -0.39 is 0 Å². The van der Waals surface area contributed by atoms with E-state index in [0.29, 0.717) is 17.4 Å². The van der Waals surface area contributed by atoms with Crippen molar-refractivity contribution in [1.82, 2.24) is 4.98 Å². The molecule has 4 heteroatoms. The summed E-state index contributed by atoms with van der Waals surface area (Å²) in [5, 5.41) is 0. The summed E-state index contributed by atoms with van der Waals surface area (Å²) >= 11 is 0. The molecule has 0 amide bonds. The van der Waals surface area contributed by atoms with Gasteiger partial charge in [0.15, 0.2) is 5.82 Å². The first-order valence-corrected chi connectivity index (χ1v) is 5.46. The number of hydrogen-bond acceptors (Lipinski definition) is 4. The Hall–Kier alpha value is -1.45. The molecule has 0 aromatic carbocycles. The van der Waals surface area contributed by atoms with Crippen molar-refractivity contribution in [2.24, 2.45) is 0 Å². The lowest BCUT2D eigenvalue weighted by Crippen LogP contribution is -2.38. The molecular weight excluding hydrogens is 188 g/mol. The highest BCUT2D eigenvalue weighted by atomic mass is 15.2. The second kappa shape index (κ2) is 3.96. The lowest BCUT2D eigenvalue weighted by atomic mass is 10.0. The van der Waals surface area contributed by atoms with Gasteiger partial charge in [-0.05, 0) is 32.3 Å². The van der Waals surface area contributed by atoms with Gasteiger partial charge in [0.25, 0.3) is 0 Å². The van der Waals surface area contributed by atoms with E-state index in [1.807, 2.05) is 0 Å². The molecule has 0 saturated carbocycles. The molecule has 4 nitrogen and oxygen atoms in total. The van der Waals surface area contributed by atoms with Crippen molar-refractivity contribution in [3.05, 3.63) is 12.3 Å². The topological polar surface area (TPSA) is 68.2 Å². The van der Waals surface area contributed by atoms with Gasteiger partial charge in [0, 0.05) is 12.6 Å². The predicted molar refractivity (Wildman–Crippen MR) is 63.7 cm³/mol. The zero-order valence-electron chi connectivity index (χ0n) is 9.11. The fraction of sp³-hybridized carbons (Fsp3) is 0.545. The zero-order valence-corrected chi connectivity index (χ0v) is 9.11. The van der Waals surface area contributed by atoms with Crippen molar-refractivity contribution in [3.8, 4) is 0 Å².